The molecule has 0 bridgehead atoms. The number of carbonyl (C=O) groups is 2. The zero-order valence-electron chi connectivity index (χ0n) is 16.3. The highest BCUT2D eigenvalue weighted by Crippen LogP contribution is 2.48. The summed E-state index contributed by atoms with van der Waals surface area (Å²) in [4.78, 5) is 23.9. The van der Waals surface area contributed by atoms with E-state index >= 15 is 0 Å². The van der Waals surface area contributed by atoms with Gasteiger partial charge in [-0.1, -0.05) is 18.2 Å². The van der Waals surface area contributed by atoms with Crippen molar-refractivity contribution >= 4 is 11.9 Å². The van der Waals surface area contributed by atoms with Gasteiger partial charge in [0.1, 0.15) is 6.54 Å². The molecule has 1 N–H and O–H groups in total. The largest absolute Gasteiger partial charge is 0.468 e. The number of nitrogens with zero attached hydrogens (tertiary/aromatic N) is 2. The molecule has 1 heterocycles. The van der Waals surface area contributed by atoms with Crippen molar-refractivity contribution in [2.24, 2.45) is 5.92 Å². The van der Waals surface area contributed by atoms with Gasteiger partial charge in [0.05, 0.1) is 18.4 Å². The maximum Gasteiger partial charge on any atom is 0.416 e. The molecular weight excluding hydrogens is 387 g/mol. The number of aromatic nitrogens is 2. The van der Waals surface area contributed by atoms with Gasteiger partial charge in [0.2, 0.25) is 5.91 Å². The number of benzene rings is 1. The molecule has 6 nitrogen and oxygen atoms in total. The summed E-state index contributed by atoms with van der Waals surface area (Å²) >= 11 is 0. The molecule has 1 saturated carbocycles. The molecule has 1 aliphatic rings. The molecule has 0 saturated heterocycles. The number of alkyl halides is 3. The van der Waals surface area contributed by atoms with Gasteiger partial charge in [-0.3, -0.25) is 14.3 Å². The van der Waals surface area contributed by atoms with Crippen LogP contribution in [-0.4, -0.2) is 28.8 Å². The van der Waals surface area contributed by atoms with Gasteiger partial charge in [0, 0.05) is 23.7 Å². The average molecular weight is 409 g/mol. The lowest BCUT2D eigenvalue weighted by atomic mass is 10.1. The third kappa shape index (κ3) is 4.60. The third-order valence-electron chi connectivity index (χ3n) is 5.25. The Labute approximate surface area is 166 Å². The SMILES string of the molecule is COC(=O)Cn1nc(C)c(CNC(=O)[C@H]2C[C@@H]2c2cccc(C(F)(F)F)c2)c1C. The molecule has 1 fully saturated rings. The van der Waals surface area contributed by atoms with Gasteiger partial charge >= 0.3 is 12.1 Å². The summed E-state index contributed by atoms with van der Waals surface area (Å²) in [6, 6.07) is 5.13. The molecular formula is C20H22F3N3O3. The smallest absolute Gasteiger partial charge is 0.416 e. The first-order valence-corrected chi connectivity index (χ1v) is 9.16. The first-order valence-electron chi connectivity index (χ1n) is 9.16. The summed E-state index contributed by atoms with van der Waals surface area (Å²) in [5.74, 6) is -1.18. The van der Waals surface area contributed by atoms with Crippen LogP contribution in [0.25, 0.3) is 0 Å². The number of methoxy groups -OCH3 is 1. The molecule has 156 valence electrons. The molecule has 29 heavy (non-hydrogen) atoms. The highest BCUT2D eigenvalue weighted by molar-refractivity contribution is 5.83. The number of carbonyl (C=O) groups excluding carboxylic acids is 2. The molecule has 0 radical (unpaired) electrons. The summed E-state index contributed by atoms with van der Waals surface area (Å²) in [6.45, 7) is 3.80. The molecule has 0 unspecified atom stereocenters. The number of esters is 1. The fraction of sp³-hybridized carbons (Fsp3) is 0.450. The number of hydrogen-bond donors (Lipinski definition) is 1. The molecule has 1 amide bonds. The lowest BCUT2D eigenvalue weighted by molar-refractivity contribution is -0.141. The van der Waals surface area contributed by atoms with E-state index in [-0.39, 0.29) is 30.8 Å². The fourth-order valence-corrected chi connectivity index (χ4v) is 3.44. The summed E-state index contributed by atoms with van der Waals surface area (Å²) in [7, 11) is 1.30. The maximum atomic E-state index is 12.9. The molecule has 0 aliphatic heterocycles. The first kappa shape index (κ1) is 20.9. The van der Waals surface area contributed by atoms with Crippen LogP contribution in [-0.2, 0) is 33.6 Å². The average Bonchev–Trinajstić information content (AvgIpc) is 3.42. The Balaban J connectivity index is 1.61. The van der Waals surface area contributed by atoms with Crippen molar-refractivity contribution in [2.45, 2.75) is 45.5 Å². The van der Waals surface area contributed by atoms with E-state index in [4.69, 9.17) is 0 Å². The Morgan fingerprint density at radius 2 is 2.03 bits per heavy atom. The molecule has 3 rings (SSSR count). The summed E-state index contributed by atoms with van der Waals surface area (Å²) in [5, 5.41) is 7.13. The molecule has 1 aromatic heterocycles. The number of hydrogen-bond acceptors (Lipinski definition) is 4. The Bertz CT molecular complexity index is 937. The van der Waals surface area contributed by atoms with E-state index in [2.05, 4.69) is 15.2 Å². The van der Waals surface area contributed by atoms with Gasteiger partial charge in [0.15, 0.2) is 0 Å². The zero-order chi connectivity index (χ0) is 21.3. The Kier molecular flexibility index (Phi) is 5.68. The number of aryl methyl sites for hydroxylation is 1. The Morgan fingerprint density at radius 3 is 2.69 bits per heavy atom. The monoisotopic (exact) mass is 409 g/mol. The van der Waals surface area contributed by atoms with Crippen LogP contribution in [0.15, 0.2) is 24.3 Å². The van der Waals surface area contributed by atoms with E-state index in [0.717, 1.165) is 23.4 Å². The summed E-state index contributed by atoms with van der Waals surface area (Å²) in [5.41, 5.74) is 2.07. The van der Waals surface area contributed by atoms with Crippen LogP contribution in [0.3, 0.4) is 0 Å². The van der Waals surface area contributed by atoms with Gasteiger partial charge in [-0.05, 0) is 37.8 Å². The molecule has 0 spiro atoms. The minimum Gasteiger partial charge on any atom is -0.468 e. The number of halogens is 3. The minimum atomic E-state index is -4.40. The maximum absolute atomic E-state index is 12.9. The van der Waals surface area contributed by atoms with Crippen LogP contribution in [0.5, 0.6) is 0 Å². The van der Waals surface area contributed by atoms with Crippen LogP contribution in [0.4, 0.5) is 13.2 Å². The van der Waals surface area contributed by atoms with E-state index in [0.29, 0.717) is 17.7 Å². The van der Waals surface area contributed by atoms with Crippen molar-refractivity contribution in [2.75, 3.05) is 7.11 Å². The molecule has 1 aromatic carbocycles. The highest BCUT2D eigenvalue weighted by atomic mass is 19.4. The van der Waals surface area contributed by atoms with Gasteiger partial charge < -0.3 is 10.1 Å². The lowest BCUT2D eigenvalue weighted by Crippen LogP contribution is -2.25. The minimum absolute atomic E-state index is 0.0165. The molecule has 9 heteroatoms. The van der Waals surface area contributed by atoms with E-state index in [1.807, 2.05) is 0 Å². The second-order valence-electron chi connectivity index (χ2n) is 7.17. The fourth-order valence-electron chi connectivity index (χ4n) is 3.44. The highest BCUT2D eigenvalue weighted by Gasteiger charge is 2.44. The van der Waals surface area contributed by atoms with Crippen LogP contribution in [0.1, 0.15) is 40.4 Å². The number of nitrogens with one attached hydrogen (secondary N) is 1. The van der Waals surface area contributed by atoms with Crippen LogP contribution >= 0.6 is 0 Å². The number of amides is 1. The molecule has 2 atom stereocenters. The van der Waals surface area contributed by atoms with Crippen molar-refractivity contribution < 1.29 is 27.5 Å². The van der Waals surface area contributed by atoms with E-state index in [1.54, 1.807) is 19.9 Å². The zero-order valence-corrected chi connectivity index (χ0v) is 16.3. The topological polar surface area (TPSA) is 73.2 Å². The quantitative estimate of drug-likeness (QED) is 0.744. The van der Waals surface area contributed by atoms with Crippen molar-refractivity contribution in [1.82, 2.24) is 15.1 Å². The summed E-state index contributed by atoms with van der Waals surface area (Å²) in [6.07, 6.45) is -3.88. The number of ether oxygens (including phenoxy) is 1. The van der Waals surface area contributed by atoms with Crippen molar-refractivity contribution in [3.8, 4) is 0 Å². The predicted octanol–water partition coefficient (Wildman–Crippen LogP) is 3.11. The third-order valence-corrected chi connectivity index (χ3v) is 5.25. The first-order chi connectivity index (χ1) is 13.6. The number of rotatable bonds is 6. The van der Waals surface area contributed by atoms with Crippen LogP contribution in [0, 0.1) is 19.8 Å². The normalized spacial score (nSPS) is 18.4. The van der Waals surface area contributed by atoms with Gasteiger partial charge in [-0.25, -0.2) is 0 Å². The van der Waals surface area contributed by atoms with Gasteiger partial charge in [-0.15, -0.1) is 0 Å². The van der Waals surface area contributed by atoms with Gasteiger partial charge in [-0.2, -0.15) is 18.3 Å². The van der Waals surface area contributed by atoms with Crippen LogP contribution in [0.2, 0.25) is 0 Å². The second kappa shape index (κ2) is 7.88. The predicted molar refractivity (Wildman–Crippen MR) is 97.9 cm³/mol. The molecule has 2 aromatic rings. The van der Waals surface area contributed by atoms with E-state index < -0.39 is 17.7 Å². The van der Waals surface area contributed by atoms with E-state index in [9.17, 15) is 22.8 Å². The van der Waals surface area contributed by atoms with Crippen molar-refractivity contribution in [1.29, 1.82) is 0 Å². The van der Waals surface area contributed by atoms with Crippen LogP contribution < -0.4 is 5.32 Å². The second-order valence-corrected chi connectivity index (χ2v) is 7.17. The van der Waals surface area contributed by atoms with Crippen molar-refractivity contribution in [3.63, 3.8) is 0 Å². The standard InChI is InChI=1S/C20H22F3N3O3/c1-11-17(12(2)26(25-11)10-18(27)29-3)9-24-19(28)16-8-15(16)13-5-4-6-14(7-13)20(21,22)23/h4-7,15-16H,8-10H2,1-3H3,(H,24,28)/t15-,16+/m1/s1. The molecule has 1 aliphatic carbocycles. The summed E-state index contributed by atoms with van der Waals surface area (Å²) < 4.78 is 44.8. The van der Waals surface area contributed by atoms with E-state index in [1.165, 1.54) is 17.9 Å². The Hall–Kier alpha value is -2.84. The Morgan fingerprint density at radius 1 is 1.31 bits per heavy atom. The van der Waals surface area contributed by atoms with Gasteiger partial charge in [0.25, 0.3) is 0 Å². The lowest BCUT2D eigenvalue weighted by Gasteiger charge is -2.09. The van der Waals surface area contributed by atoms with Crippen molar-refractivity contribution in [3.05, 3.63) is 52.3 Å².